The molecule has 4 heteroatoms. The predicted molar refractivity (Wildman–Crippen MR) is 71.8 cm³/mol. The fourth-order valence-electron chi connectivity index (χ4n) is 1.74. The smallest absolute Gasteiger partial charge is 0.339 e. The molecular weight excluding hydrogens is 240 g/mol. The highest BCUT2D eigenvalue weighted by molar-refractivity contribution is 5.89. The number of rotatable bonds is 5. The molecule has 0 bridgehead atoms. The lowest BCUT2D eigenvalue weighted by Gasteiger charge is -2.05. The van der Waals surface area contributed by atoms with Crippen LogP contribution in [0.15, 0.2) is 43.0 Å². The summed E-state index contributed by atoms with van der Waals surface area (Å²) in [5.41, 5.74) is 2.65. The molecule has 0 unspecified atom stereocenters. The van der Waals surface area contributed by atoms with Gasteiger partial charge in [0.1, 0.15) is 0 Å². The number of pyridine rings is 2. The maximum Gasteiger partial charge on any atom is 0.339 e. The van der Waals surface area contributed by atoms with Crippen LogP contribution in [0.5, 0.6) is 0 Å². The third-order valence-corrected chi connectivity index (χ3v) is 2.70. The average Bonchev–Trinajstić information content (AvgIpc) is 2.44. The van der Waals surface area contributed by atoms with Crippen LogP contribution in [0.1, 0.15) is 27.9 Å². The fourth-order valence-corrected chi connectivity index (χ4v) is 1.74. The first-order valence-corrected chi connectivity index (χ1v) is 6.23. The number of ether oxygens (including phenoxy) is 1. The van der Waals surface area contributed by atoms with Crippen LogP contribution >= 0.6 is 0 Å². The van der Waals surface area contributed by atoms with Crippen LogP contribution in [0.25, 0.3) is 0 Å². The van der Waals surface area contributed by atoms with Crippen molar-refractivity contribution in [2.45, 2.75) is 19.8 Å². The van der Waals surface area contributed by atoms with E-state index in [1.165, 1.54) is 11.8 Å². The number of nitrogens with zero attached hydrogens (tertiary/aromatic N) is 2. The Morgan fingerprint density at radius 2 is 2.00 bits per heavy atom. The molecule has 19 heavy (non-hydrogen) atoms. The summed E-state index contributed by atoms with van der Waals surface area (Å²) in [7, 11) is 0. The summed E-state index contributed by atoms with van der Waals surface area (Å²) < 4.78 is 5.21. The molecule has 0 fully saturated rings. The van der Waals surface area contributed by atoms with Crippen molar-refractivity contribution in [1.29, 1.82) is 0 Å². The van der Waals surface area contributed by atoms with Crippen LogP contribution in [0, 0.1) is 6.92 Å². The van der Waals surface area contributed by atoms with Crippen LogP contribution in [0.2, 0.25) is 0 Å². The van der Waals surface area contributed by atoms with E-state index in [0.29, 0.717) is 12.2 Å². The lowest BCUT2D eigenvalue weighted by Crippen LogP contribution is -2.07. The number of carbonyl (C=O) groups excluding carboxylic acids is 1. The topological polar surface area (TPSA) is 52.1 Å². The minimum absolute atomic E-state index is 0.314. The molecule has 0 saturated carbocycles. The zero-order valence-electron chi connectivity index (χ0n) is 10.9. The monoisotopic (exact) mass is 256 g/mol. The van der Waals surface area contributed by atoms with Gasteiger partial charge in [-0.1, -0.05) is 0 Å². The highest BCUT2D eigenvalue weighted by Gasteiger charge is 2.07. The second-order valence-electron chi connectivity index (χ2n) is 4.35. The zero-order valence-corrected chi connectivity index (χ0v) is 10.9. The third-order valence-electron chi connectivity index (χ3n) is 2.70. The van der Waals surface area contributed by atoms with Gasteiger partial charge in [0.15, 0.2) is 0 Å². The van der Waals surface area contributed by atoms with Crippen LogP contribution in [0.4, 0.5) is 0 Å². The molecule has 0 saturated heterocycles. The summed E-state index contributed by atoms with van der Waals surface area (Å²) in [6.45, 7) is 2.31. The maximum absolute atomic E-state index is 11.7. The Hall–Kier alpha value is -2.23. The first kappa shape index (κ1) is 13.2. The van der Waals surface area contributed by atoms with Gasteiger partial charge in [0.2, 0.25) is 0 Å². The third kappa shape index (κ3) is 4.17. The summed E-state index contributed by atoms with van der Waals surface area (Å²) >= 11 is 0. The van der Waals surface area contributed by atoms with Crippen molar-refractivity contribution in [3.8, 4) is 0 Å². The van der Waals surface area contributed by atoms with Gasteiger partial charge >= 0.3 is 5.97 Å². The first-order chi connectivity index (χ1) is 9.25. The average molecular weight is 256 g/mol. The molecule has 0 spiro atoms. The number of carbonyl (C=O) groups is 1. The first-order valence-electron chi connectivity index (χ1n) is 6.23. The Morgan fingerprint density at radius 1 is 1.21 bits per heavy atom. The van der Waals surface area contributed by atoms with Gasteiger partial charge in [-0.3, -0.25) is 9.97 Å². The lowest BCUT2D eigenvalue weighted by molar-refractivity contribution is 0.0500. The number of hydrogen-bond donors (Lipinski definition) is 0. The van der Waals surface area contributed by atoms with Crippen molar-refractivity contribution >= 4 is 5.97 Å². The van der Waals surface area contributed by atoms with E-state index >= 15 is 0 Å². The Labute approximate surface area is 112 Å². The van der Waals surface area contributed by atoms with Crippen molar-refractivity contribution in [2.24, 2.45) is 0 Å². The van der Waals surface area contributed by atoms with Gasteiger partial charge in [-0.25, -0.2) is 4.79 Å². The van der Waals surface area contributed by atoms with E-state index in [2.05, 4.69) is 9.97 Å². The van der Waals surface area contributed by atoms with Crippen LogP contribution in [-0.2, 0) is 11.2 Å². The lowest BCUT2D eigenvalue weighted by atomic mass is 10.1. The van der Waals surface area contributed by atoms with Gasteiger partial charge in [0.05, 0.1) is 12.2 Å². The number of hydrogen-bond acceptors (Lipinski definition) is 4. The molecule has 4 nitrogen and oxygen atoms in total. The second kappa shape index (κ2) is 6.64. The van der Waals surface area contributed by atoms with Gasteiger partial charge < -0.3 is 4.74 Å². The number of esters is 1. The SMILES string of the molecule is Cc1cncc(C(=O)OCCCc2ccncc2)c1. The Balaban J connectivity index is 1.75. The molecule has 0 atom stereocenters. The zero-order chi connectivity index (χ0) is 13.5. The quantitative estimate of drug-likeness (QED) is 0.609. The fraction of sp³-hybridized carbons (Fsp3) is 0.267. The van der Waals surface area contributed by atoms with Crippen LogP contribution < -0.4 is 0 Å². The molecule has 0 aromatic carbocycles. The molecule has 2 aromatic rings. The molecule has 0 aliphatic carbocycles. The van der Waals surface area contributed by atoms with Crippen molar-refractivity contribution in [2.75, 3.05) is 6.61 Å². The highest BCUT2D eigenvalue weighted by Crippen LogP contribution is 2.05. The minimum atomic E-state index is -0.314. The Kier molecular flexibility index (Phi) is 4.61. The largest absolute Gasteiger partial charge is 0.462 e. The Morgan fingerprint density at radius 3 is 2.74 bits per heavy atom. The van der Waals surface area contributed by atoms with E-state index in [4.69, 9.17) is 4.74 Å². The minimum Gasteiger partial charge on any atom is -0.462 e. The standard InChI is InChI=1S/C15H16N2O2/c1-12-9-14(11-17-10-12)15(18)19-8-2-3-13-4-6-16-7-5-13/h4-7,9-11H,2-3,8H2,1H3. The molecule has 0 radical (unpaired) electrons. The van der Waals surface area contributed by atoms with Gasteiger partial charge in [-0.2, -0.15) is 0 Å². The molecule has 2 rings (SSSR count). The van der Waals surface area contributed by atoms with Gasteiger partial charge in [-0.15, -0.1) is 0 Å². The molecule has 0 aliphatic rings. The van der Waals surface area contributed by atoms with Crippen molar-refractivity contribution in [3.05, 3.63) is 59.7 Å². The summed E-state index contributed by atoms with van der Waals surface area (Å²) in [5, 5.41) is 0. The van der Waals surface area contributed by atoms with Crippen LogP contribution in [-0.4, -0.2) is 22.5 Å². The van der Waals surface area contributed by atoms with Gasteiger partial charge in [0.25, 0.3) is 0 Å². The Bertz CT molecular complexity index is 541. The van der Waals surface area contributed by atoms with E-state index in [1.54, 1.807) is 24.7 Å². The van der Waals surface area contributed by atoms with E-state index in [1.807, 2.05) is 19.1 Å². The van der Waals surface area contributed by atoms with Crippen LogP contribution in [0.3, 0.4) is 0 Å². The summed E-state index contributed by atoms with van der Waals surface area (Å²) in [4.78, 5) is 19.7. The van der Waals surface area contributed by atoms with Gasteiger partial charge in [-0.05, 0) is 49.1 Å². The van der Waals surface area contributed by atoms with E-state index in [0.717, 1.165) is 18.4 Å². The summed E-state index contributed by atoms with van der Waals surface area (Å²) in [6.07, 6.45) is 8.44. The number of aromatic nitrogens is 2. The molecule has 2 aromatic heterocycles. The molecule has 0 N–H and O–H groups in total. The van der Waals surface area contributed by atoms with E-state index in [-0.39, 0.29) is 5.97 Å². The normalized spacial score (nSPS) is 10.2. The van der Waals surface area contributed by atoms with E-state index in [9.17, 15) is 4.79 Å². The highest BCUT2D eigenvalue weighted by atomic mass is 16.5. The van der Waals surface area contributed by atoms with Gasteiger partial charge in [0, 0.05) is 24.8 Å². The van der Waals surface area contributed by atoms with E-state index < -0.39 is 0 Å². The maximum atomic E-state index is 11.7. The molecule has 98 valence electrons. The second-order valence-corrected chi connectivity index (χ2v) is 4.35. The molecule has 0 aliphatic heterocycles. The van der Waals surface area contributed by atoms with Crippen molar-refractivity contribution < 1.29 is 9.53 Å². The predicted octanol–water partition coefficient (Wildman–Crippen LogP) is 2.57. The summed E-state index contributed by atoms with van der Waals surface area (Å²) in [6, 6.07) is 5.71. The summed E-state index contributed by atoms with van der Waals surface area (Å²) in [5.74, 6) is -0.314. The molecular formula is C15H16N2O2. The molecule has 2 heterocycles. The molecule has 0 amide bonds. The van der Waals surface area contributed by atoms with Crippen molar-refractivity contribution in [3.63, 3.8) is 0 Å². The number of aryl methyl sites for hydroxylation is 2. The van der Waals surface area contributed by atoms with Crippen molar-refractivity contribution in [1.82, 2.24) is 9.97 Å².